The van der Waals surface area contributed by atoms with Gasteiger partial charge in [0.2, 0.25) is 0 Å². The van der Waals surface area contributed by atoms with Crippen molar-refractivity contribution in [1.82, 2.24) is 5.32 Å². The lowest BCUT2D eigenvalue weighted by molar-refractivity contribution is -0.145. The van der Waals surface area contributed by atoms with E-state index in [1.807, 2.05) is 0 Å². The maximum atomic E-state index is 13.2. The molecule has 7 unspecified atom stereocenters. The van der Waals surface area contributed by atoms with E-state index in [9.17, 15) is 19.5 Å². The molecule has 0 spiro atoms. The highest BCUT2D eigenvalue weighted by Crippen LogP contribution is 2.66. The average Bonchev–Trinajstić information content (AvgIpc) is 3.14. The zero-order valence-electron chi connectivity index (χ0n) is 20.7. The highest BCUT2D eigenvalue weighted by molar-refractivity contribution is 5.85. The number of amides is 1. The third-order valence-corrected chi connectivity index (χ3v) is 9.57. The molecular weight excluding hydrogens is 434 g/mol. The van der Waals surface area contributed by atoms with E-state index in [4.69, 9.17) is 4.74 Å². The van der Waals surface area contributed by atoms with Crippen LogP contribution in [0.5, 0.6) is 0 Å². The lowest BCUT2D eigenvalue weighted by Gasteiger charge is -2.60. The molecule has 0 radical (unpaired) electrons. The molecule has 0 aromatic carbocycles. The predicted molar refractivity (Wildman–Crippen MR) is 127 cm³/mol. The van der Waals surface area contributed by atoms with Crippen LogP contribution in [-0.2, 0) is 19.1 Å². The molecule has 0 saturated heterocycles. The first-order chi connectivity index (χ1) is 16.1. The summed E-state index contributed by atoms with van der Waals surface area (Å²) in [6, 6.07) is 0. The fraction of sp³-hybridized carbons (Fsp3) is 0.741. The Morgan fingerprint density at radius 2 is 1.97 bits per heavy atom. The molecule has 7 atom stereocenters. The molecule has 188 valence electrons. The Morgan fingerprint density at radius 1 is 1.21 bits per heavy atom. The molecule has 4 aliphatic rings. The number of rotatable bonds is 6. The predicted octanol–water partition coefficient (Wildman–Crippen LogP) is 3.95. The minimum absolute atomic E-state index is 0.0122. The summed E-state index contributed by atoms with van der Waals surface area (Å²) in [6.07, 6.45) is 7.67. The van der Waals surface area contributed by atoms with Crippen LogP contribution in [0.25, 0.3) is 0 Å². The number of esters is 1. The van der Waals surface area contributed by atoms with Gasteiger partial charge in [0.1, 0.15) is 0 Å². The van der Waals surface area contributed by atoms with Crippen LogP contribution in [0.3, 0.4) is 0 Å². The van der Waals surface area contributed by atoms with Gasteiger partial charge in [-0.3, -0.25) is 9.59 Å². The monoisotopic (exact) mass is 473 g/mol. The first-order valence-corrected chi connectivity index (χ1v) is 12.7. The Hall–Kier alpha value is -2.15. The standard InChI is InChI=1S/C27H39NO6/c1-16-9-11-26(2)17(13-16)5-6-18-19-7-8-20(27(19,3)14-21(29)24(18)26)22(30)15-34-25(32)28-12-10-23(31)33-4/h13,18-21,24,29H,1,5-12,14-15H2,2-4H3,(H,28,32). The first-order valence-electron chi connectivity index (χ1n) is 12.7. The van der Waals surface area contributed by atoms with Gasteiger partial charge in [0.25, 0.3) is 0 Å². The van der Waals surface area contributed by atoms with Gasteiger partial charge in [-0.15, -0.1) is 0 Å². The van der Waals surface area contributed by atoms with Crippen molar-refractivity contribution in [2.75, 3.05) is 20.3 Å². The number of Topliss-reactive ketones (excluding diaryl/α,β-unsaturated/α-hetero) is 1. The number of aliphatic hydroxyl groups is 1. The summed E-state index contributed by atoms with van der Waals surface area (Å²) in [5.41, 5.74) is 2.38. The number of hydrogen-bond donors (Lipinski definition) is 2. The Morgan fingerprint density at radius 3 is 2.71 bits per heavy atom. The van der Waals surface area contributed by atoms with Crippen molar-refractivity contribution in [1.29, 1.82) is 0 Å². The van der Waals surface area contributed by atoms with E-state index in [-0.39, 0.29) is 48.0 Å². The van der Waals surface area contributed by atoms with Crippen molar-refractivity contribution in [3.05, 3.63) is 23.8 Å². The van der Waals surface area contributed by atoms with Crippen LogP contribution in [0.15, 0.2) is 23.8 Å². The summed E-state index contributed by atoms with van der Waals surface area (Å²) < 4.78 is 9.69. The number of hydrogen-bond acceptors (Lipinski definition) is 6. The summed E-state index contributed by atoms with van der Waals surface area (Å²) in [7, 11) is 1.29. The topological polar surface area (TPSA) is 102 Å². The molecule has 1 amide bonds. The molecule has 34 heavy (non-hydrogen) atoms. The van der Waals surface area contributed by atoms with Crippen molar-refractivity contribution in [3.63, 3.8) is 0 Å². The van der Waals surface area contributed by atoms with Gasteiger partial charge in [-0.05, 0) is 73.5 Å². The second-order valence-corrected chi connectivity index (χ2v) is 11.3. The molecule has 4 aliphatic carbocycles. The number of aliphatic hydroxyl groups excluding tert-OH is 1. The molecule has 0 heterocycles. The van der Waals surface area contributed by atoms with Crippen LogP contribution in [0.1, 0.15) is 65.2 Å². The molecule has 0 aromatic rings. The number of carbonyl (C=O) groups excluding carboxylic acids is 3. The van der Waals surface area contributed by atoms with E-state index in [0.29, 0.717) is 18.3 Å². The number of ether oxygens (including phenoxy) is 2. The Labute approximate surface area is 202 Å². The minimum Gasteiger partial charge on any atom is -0.469 e. The van der Waals surface area contributed by atoms with E-state index in [1.165, 1.54) is 18.3 Å². The van der Waals surface area contributed by atoms with Gasteiger partial charge in [-0.25, -0.2) is 4.79 Å². The SMILES string of the molecule is C=C1C=C2CCC3C(C(O)CC4(C)C(C(=O)COC(=O)NCCC(=O)OC)CCC34)C2(C)CC1. The second-order valence-electron chi connectivity index (χ2n) is 11.3. The average molecular weight is 474 g/mol. The van der Waals surface area contributed by atoms with Gasteiger partial charge in [0.15, 0.2) is 12.4 Å². The van der Waals surface area contributed by atoms with E-state index in [0.717, 1.165) is 38.5 Å². The Kier molecular flexibility index (Phi) is 6.96. The van der Waals surface area contributed by atoms with Gasteiger partial charge >= 0.3 is 12.1 Å². The molecule has 3 fully saturated rings. The smallest absolute Gasteiger partial charge is 0.407 e. The van der Waals surface area contributed by atoms with Crippen LogP contribution in [0.4, 0.5) is 4.79 Å². The second kappa shape index (κ2) is 9.48. The highest BCUT2D eigenvalue weighted by Gasteiger charge is 2.62. The number of nitrogens with one attached hydrogen (secondary N) is 1. The van der Waals surface area contributed by atoms with Crippen LogP contribution < -0.4 is 5.32 Å². The largest absolute Gasteiger partial charge is 0.469 e. The molecule has 4 rings (SSSR count). The molecule has 2 N–H and O–H groups in total. The zero-order chi connectivity index (χ0) is 24.7. The molecular formula is C27H39NO6. The Balaban J connectivity index is 1.40. The Bertz CT molecular complexity index is 896. The van der Waals surface area contributed by atoms with Crippen molar-refractivity contribution in [2.45, 2.75) is 71.3 Å². The maximum absolute atomic E-state index is 13.2. The normalized spacial score (nSPS) is 38.6. The maximum Gasteiger partial charge on any atom is 0.407 e. The number of methoxy groups -OCH3 is 1. The van der Waals surface area contributed by atoms with Crippen molar-refractivity contribution < 1.29 is 29.0 Å². The van der Waals surface area contributed by atoms with Gasteiger partial charge in [-0.2, -0.15) is 0 Å². The highest BCUT2D eigenvalue weighted by atomic mass is 16.6. The van der Waals surface area contributed by atoms with Gasteiger partial charge < -0.3 is 19.9 Å². The third kappa shape index (κ3) is 4.32. The molecule has 0 bridgehead atoms. The molecule has 0 aromatic heterocycles. The first kappa shape index (κ1) is 25.0. The number of ketones is 1. The van der Waals surface area contributed by atoms with Gasteiger partial charge in [-0.1, -0.05) is 37.6 Å². The van der Waals surface area contributed by atoms with Crippen LogP contribution in [0.2, 0.25) is 0 Å². The fourth-order valence-corrected chi connectivity index (χ4v) is 7.96. The molecule has 3 saturated carbocycles. The summed E-state index contributed by atoms with van der Waals surface area (Å²) in [5.74, 6) is 0.314. The van der Waals surface area contributed by atoms with Crippen LogP contribution in [-0.4, -0.2) is 49.3 Å². The van der Waals surface area contributed by atoms with Crippen molar-refractivity contribution in [2.24, 2.45) is 34.5 Å². The lowest BCUT2D eigenvalue weighted by atomic mass is 9.45. The van der Waals surface area contributed by atoms with E-state index in [1.54, 1.807) is 0 Å². The third-order valence-electron chi connectivity index (χ3n) is 9.57. The van der Waals surface area contributed by atoms with Gasteiger partial charge in [0.05, 0.1) is 19.6 Å². The van der Waals surface area contributed by atoms with Crippen LogP contribution in [0, 0.1) is 34.5 Å². The fourth-order valence-electron chi connectivity index (χ4n) is 7.96. The number of allylic oxidation sites excluding steroid dienone is 3. The molecule has 7 nitrogen and oxygen atoms in total. The van der Waals surface area contributed by atoms with E-state index in [2.05, 4.69) is 36.6 Å². The van der Waals surface area contributed by atoms with Crippen LogP contribution >= 0.6 is 0 Å². The molecule has 0 aliphatic heterocycles. The number of alkyl carbamates (subject to hydrolysis) is 1. The lowest BCUT2D eigenvalue weighted by Crippen LogP contribution is -2.57. The number of carbonyl (C=O) groups is 3. The van der Waals surface area contributed by atoms with E-state index < -0.39 is 18.2 Å². The summed E-state index contributed by atoms with van der Waals surface area (Å²) in [6.45, 7) is 8.49. The summed E-state index contributed by atoms with van der Waals surface area (Å²) in [4.78, 5) is 36.2. The van der Waals surface area contributed by atoms with E-state index >= 15 is 0 Å². The molecule has 7 heteroatoms. The summed E-state index contributed by atoms with van der Waals surface area (Å²) in [5, 5.41) is 13.9. The quantitative estimate of drug-likeness (QED) is 0.567. The summed E-state index contributed by atoms with van der Waals surface area (Å²) >= 11 is 0. The van der Waals surface area contributed by atoms with Crippen molar-refractivity contribution in [3.8, 4) is 0 Å². The van der Waals surface area contributed by atoms with Crippen molar-refractivity contribution >= 4 is 17.8 Å². The minimum atomic E-state index is -0.709. The zero-order valence-corrected chi connectivity index (χ0v) is 20.7. The number of fused-ring (bicyclic) bond motifs is 5. The van der Waals surface area contributed by atoms with Gasteiger partial charge in [0, 0.05) is 12.5 Å².